The zero-order valence-corrected chi connectivity index (χ0v) is 15.6. The minimum absolute atomic E-state index is 0.0154. The molecule has 0 bridgehead atoms. The monoisotopic (exact) mass is 433 g/mol. The number of benzene rings is 1. The Morgan fingerprint density at radius 3 is 2.67 bits per heavy atom. The van der Waals surface area contributed by atoms with Crippen LogP contribution in [0.25, 0.3) is 16.6 Å². The number of halogens is 4. The van der Waals surface area contributed by atoms with E-state index in [2.05, 4.69) is 20.4 Å². The number of hydrogen-bond donors (Lipinski definition) is 1. The summed E-state index contributed by atoms with van der Waals surface area (Å²) in [5, 5.41) is 7.39. The minimum Gasteiger partial charge on any atom is -0.406 e. The Bertz CT molecular complexity index is 1240. The summed E-state index contributed by atoms with van der Waals surface area (Å²) in [6.07, 6.45) is -3.79. The van der Waals surface area contributed by atoms with E-state index in [-0.39, 0.29) is 16.8 Å². The van der Waals surface area contributed by atoms with Gasteiger partial charge in [-0.05, 0) is 23.6 Å². The summed E-state index contributed by atoms with van der Waals surface area (Å²) >= 11 is 5.75. The number of carbonyl (C=O) groups excluding carboxylic acids is 1. The Morgan fingerprint density at radius 2 is 1.90 bits per heavy atom. The number of hydrogen-bond acceptors (Lipinski definition) is 5. The highest BCUT2D eigenvalue weighted by Crippen LogP contribution is 2.37. The third kappa shape index (κ3) is 3.90. The number of ether oxygens (including phenoxy) is 1. The summed E-state index contributed by atoms with van der Waals surface area (Å²) in [6, 6.07) is 12.9. The van der Waals surface area contributed by atoms with Gasteiger partial charge < -0.3 is 4.74 Å². The van der Waals surface area contributed by atoms with E-state index in [1.54, 1.807) is 30.3 Å². The summed E-state index contributed by atoms with van der Waals surface area (Å²) in [6.45, 7) is 0. The number of fused-ring (bicyclic) bond motifs is 1. The van der Waals surface area contributed by atoms with Gasteiger partial charge in [0, 0.05) is 11.6 Å². The van der Waals surface area contributed by atoms with Crippen LogP contribution in [0.4, 0.5) is 23.8 Å². The number of anilines is 1. The van der Waals surface area contributed by atoms with Gasteiger partial charge in [-0.2, -0.15) is 18.3 Å². The molecule has 1 N–H and O–H groups in total. The Morgan fingerprint density at radius 1 is 1.10 bits per heavy atom. The Hall–Kier alpha value is -3.66. The lowest BCUT2D eigenvalue weighted by Crippen LogP contribution is -2.21. The van der Waals surface area contributed by atoms with E-state index < -0.39 is 23.7 Å². The zero-order chi connectivity index (χ0) is 21.3. The molecule has 7 nitrogen and oxygen atoms in total. The van der Waals surface area contributed by atoms with Crippen molar-refractivity contribution >= 4 is 34.3 Å². The molecule has 3 aromatic heterocycles. The van der Waals surface area contributed by atoms with Gasteiger partial charge in [0.15, 0.2) is 17.3 Å². The van der Waals surface area contributed by atoms with Gasteiger partial charge in [-0.25, -0.2) is 19.4 Å². The lowest BCUT2D eigenvalue weighted by Gasteiger charge is -2.12. The summed E-state index contributed by atoms with van der Waals surface area (Å²) in [7, 11) is 0. The molecule has 0 fully saturated rings. The van der Waals surface area contributed by atoms with Gasteiger partial charge in [-0.15, -0.1) is 0 Å². The average molecular weight is 434 g/mol. The Kier molecular flexibility index (Phi) is 5.00. The molecule has 11 heteroatoms. The van der Waals surface area contributed by atoms with Crippen molar-refractivity contribution in [3.05, 3.63) is 71.8 Å². The first-order chi connectivity index (χ1) is 14.3. The van der Waals surface area contributed by atoms with Crippen LogP contribution in [0.3, 0.4) is 0 Å². The van der Waals surface area contributed by atoms with Crippen LogP contribution >= 0.6 is 11.6 Å². The molecule has 0 atom stereocenters. The SMILES string of the molecule is O=C(Nc1nccc2ccccc12)Oc1cnn(-c2cccc(Cl)n2)c1C(F)(F)F. The van der Waals surface area contributed by atoms with Crippen molar-refractivity contribution < 1.29 is 22.7 Å². The van der Waals surface area contributed by atoms with Crippen LogP contribution in [0.15, 0.2) is 60.9 Å². The minimum atomic E-state index is -4.88. The standard InChI is InChI=1S/C19H11ClF3N5O2/c20-14-6-3-7-15(26-14)28-16(19(21,22)23)13(10-25-28)30-18(29)27-17-12-5-2-1-4-11(12)8-9-24-17/h1-10H,(H,24,27,29). The first-order valence-corrected chi connectivity index (χ1v) is 8.81. The molecule has 0 saturated heterocycles. The third-order valence-electron chi connectivity index (χ3n) is 4.02. The molecule has 1 amide bonds. The van der Waals surface area contributed by atoms with E-state index in [1.165, 1.54) is 24.4 Å². The van der Waals surface area contributed by atoms with E-state index >= 15 is 0 Å². The number of pyridine rings is 2. The number of aromatic nitrogens is 4. The summed E-state index contributed by atoms with van der Waals surface area (Å²) in [4.78, 5) is 20.1. The van der Waals surface area contributed by atoms with Gasteiger partial charge in [0.25, 0.3) is 0 Å². The molecule has 0 unspecified atom stereocenters. The summed E-state index contributed by atoms with van der Waals surface area (Å²) in [5.74, 6) is -0.821. The first-order valence-electron chi connectivity index (χ1n) is 8.43. The quantitative estimate of drug-likeness (QED) is 0.455. The van der Waals surface area contributed by atoms with Crippen LogP contribution in [0, 0.1) is 0 Å². The van der Waals surface area contributed by atoms with Crippen LogP contribution < -0.4 is 10.1 Å². The normalized spacial score (nSPS) is 11.5. The maximum atomic E-state index is 13.7. The predicted molar refractivity (Wildman–Crippen MR) is 103 cm³/mol. The lowest BCUT2D eigenvalue weighted by atomic mass is 10.1. The molecule has 1 aromatic carbocycles. The second kappa shape index (κ2) is 7.64. The highest BCUT2D eigenvalue weighted by Gasteiger charge is 2.41. The van der Waals surface area contributed by atoms with Crippen molar-refractivity contribution in [3.8, 4) is 11.6 Å². The van der Waals surface area contributed by atoms with Gasteiger partial charge in [0.2, 0.25) is 0 Å². The van der Waals surface area contributed by atoms with Gasteiger partial charge in [-0.1, -0.05) is 41.9 Å². The van der Waals surface area contributed by atoms with Crippen molar-refractivity contribution in [3.63, 3.8) is 0 Å². The molecule has 3 heterocycles. The maximum Gasteiger partial charge on any atom is 0.437 e. The molecule has 4 aromatic rings. The van der Waals surface area contributed by atoms with Crippen LogP contribution in [0.1, 0.15) is 5.69 Å². The highest BCUT2D eigenvalue weighted by atomic mass is 35.5. The fourth-order valence-corrected chi connectivity index (χ4v) is 2.96. The fourth-order valence-electron chi connectivity index (χ4n) is 2.80. The molecule has 30 heavy (non-hydrogen) atoms. The molecule has 0 radical (unpaired) electrons. The van der Waals surface area contributed by atoms with Gasteiger partial charge in [0.1, 0.15) is 11.0 Å². The number of rotatable bonds is 3. The number of carbonyl (C=O) groups is 1. The maximum absolute atomic E-state index is 13.7. The molecule has 0 aliphatic carbocycles. The van der Waals surface area contributed by atoms with E-state index in [4.69, 9.17) is 16.3 Å². The second-order valence-electron chi connectivity index (χ2n) is 5.98. The first kappa shape index (κ1) is 19.6. The Balaban J connectivity index is 1.65. The third-order valence-corrected chi connectivity index (χ3v) is 4.23. The van der Waals surface area contributed by atoms with E-state index in [9.17, 15) is 18.0 Å². The molecular weight excluding hydrogens is 423 g/mol. The molecule has 152 valence electrons. The van der Waals surface area contributed by atoms with Gasteiger partial charge >= 0.3 is 12.3 Å². The Labute approximate surface area is 172 Å². The largest absolute Gasteiger partial charge is 0.437 e. The predicted octanol–water partition coefficient (Wildman–Crippen LogP) is 5.10. The number of nitrogens with one attached hydrogen (secondary N) is 1. The fraction of sp³-hybridized carbons (Fsp3) is 0.0526. The molecule has 0 aliphatic heterocycles. The number of alkyl halides is 3. The second-order valence-corrected chi connectivity index (χ2v) is 6.37. The molecule has 4 rings (SSSR count). The van der Waals surface area contributed by atoms with Crippen molar-refractivity contribution in [1.29, 1.82) is 0 Å². The molecule has 0 spiro atoms. The zero-order valence-electron chi connectivity index (χ0n) is 14.9. The number of amides is 1. The number of nitrogens with zero attached hydrogens (tertiary/aromatic N) is 4. The lowest BCUT2D eigenvalue weighted by molar-refractivity contribution is -0.143. The van der Waals surface area contributed by atoms with Crippen molar-refractivity contribution in [1.82, 2.24) is 19.7 Å². The van der Waals surface area contributed by atoms with E-state index in [0.29, 0.717) is 10.1 Å². The van der Waals surface area contributed by atoms with Gasteiger partial charge in [0.05, 0.1) is 6.20 Å². The van der Waals surface area contributed by atoms with Crippen LogP contribution in [0.2, 0.25) is 5.15 Å². The van der Waals surface area contributed by atoms with Crippen molar-refractivity contribution in [2.45, 2.75) is 6.18 Å². The average Bonchev–Trinajstić information content (AvgIpc) is 3.12. The van der Waals surface area contributed by atoms with Crippen LogP contribution in [-0.4, -0.2) is 25.8 Å². The van der Waals surface area contributed by atoms with Crippen molar-refractivity contribution in [2.75, 3.05) is 5.32 Å². The highest BCUT2D eigenvalue weighted by molar-refractivity contribution is 6.29. The summed E-state index contributed by atoms with van der Waals surface area (Å²) in [5.41, 5.74) is -1.31. The van der Waals surface area contributed by atoms with E-state index in [1.807, 2.05) is 0 Å². The van der Waals surface area contributed by atoms with Gasteiger partial charge in [-0.3, -0.25) is 5.32 Å². The smallest absolute Gasteiger partial charge is 0.406 e. The summed E-state index contributed by atoms with van der Waals surface area (Å²) < 4.78 is 46.4. The van der Waals surface area contributed by atoms with Crippen molar-refractivity contribution in [2.24, 2.45) is 0 Å². The molecular formula is C19H11ClF3N5O2. The van der Waals surface area contributed by atoms with Crippen LogP contribution in [0.5, 0.6) is 5.75 Å². The topological polar surface area (TPSA) is 81.9 Å². The van der Waals surface area contributed by atoms with E-state index in [0.717, 1.165) is 11.6 Å². The molecule has 0 saturated carbocycles. The van der Waals surface area contributed by atoms with Crippen LogP contribution in [-0.2, 0) is 6.18 Å². The molecule has 0 aliphatic rings.